The Bertz CT molecular complexity index is 794. The van der Waals surface area contributed by atoms with Gasteiger partial charge >= 0.3 is 5.97 Å². The van der Waals surface area contributed by atoms with Crippen molar-refractivity contribution in [3.63, 3.8) is 0 Å². The highest BCUT2D eigenvalue weighted by Crippen LogP contribution is 2.37. The van der Waals surface area contributed by atoms with Crippen molar-refractivity contribution in [1.82, 2.24) is 0 Å². The molecule has 0 saturated carbocycles. The number of hydrogen-bond acceptors (Lipinski definition) is 6. The second-order valence-electron chi connectivity index (χ2n) is 3.91. The molecule has 0 unspecified atom stereocenters. The van der Waals surface area contributed by atoms with Crippen LogP contribution in [0.5, 0.6) is 0 Å². The molecule has 21 heavy (non-hydrogen) atoms. The van der Waals surface area contributed by atoms with Gasteiger partial charge in [0, 0.05) is 0 Å². The molecule has 0 saturated heterocycles. The quantitative estimate of drug-likeness (QED) is 0.673. The van der Waals surface area contributed by atoms with E-state index in [1.54, 1.807) is 12.3 Å². The number of halogens is 2. The van der Waals surface area contributed by atoms with Crippen molar-refractivity contribution in [1.29, 1.82) is 0 Å². The predicted octanol–water partition coefficient (Wildman–Crippen LogP) is 4.23. The second-order valence-corrected chi connectivity index (χ2v) is 10.2. The first-order valence-electron chi connectivity index (χ1n) is 5.40. The topological polar surface area (TPSA) is 72.5 Å². The lowest BCUT2D eigenvalue weighted by Crippen LogP contribution is -2.15. The number of ether oxygens (including phenoxy) is 1. The second kappa shape index (κ2) is 6.37. The predicted molar refractivity (Wildman–Crippen MR) is 90.9 cm³/mol. The molecule has 2 heterocycles. The van der Waals surface area contributed by atoms with Gasteiger partial charge < -0.3 is 4.74 Å². The molecule has 0 aliphatic heterocycles. The van der Waals surface area contributed by atoms with E-state index in [9.17, 15) is 13.2 Å². The minimum atomic E-state index is -3.80. The number of carbonyl (C=O) groups excluding carboxylic acids is 1. The van der Waals surface area contributed by atoms with Gasteiger partial charge in [-0.1, -0.05) is 0 Å². The summed E-state index contributed by atoms with van der Waals surface area (Å²) in [6, 6.07) is 1.50. The lowest BCUT2D eigenvalue weighted by molar-refractivity contribution is 0.0607. The Hall–Kier alpha value is -0.420. The van der Waals surface area contributed by atoms with Crippen molar-refractivity contribution in [2.45, 2.75) is 11.8 Å². The molecule has 0 radical (unpaired) electrons. The number of sulfonamides is 1. The fourth-order valence-corrected chi connectivity index (χ4v) is 7.46. The first kappa shape index (κ1) is 16.9. The maximum atomic E-state index is 12.4. The van der Waals surface area contributed by atoms with Crippen LogP contribution in [0.1, 0.15) is 15.2 Å². The molecular formula is C11H9Br2NO4S3. The minimum absolute atomic E-state index is 0.112. The van der Waals surface area contributed by atoms with E-state index in [0.717, 1.165) is 11.3 Å². The zero-order chi connectivity index (χ0) is 15.8. The van der Waals surface area contributed by atoms with Gasteiger partial charge in [-0.2, -0.15) is 0 Å². The number of anilines is 1. The van der Waals surface area contributed by atoms with Crippen molar-refractivity contribution in [2.75, 3.05) is 11.8 Å². The highest BCUT2D eigenvalue weighted by molar-refractivity contribution is 9.12. The maximum absolute atomic E-state index is 12.4. The van der Waals surface area contributed by atoms with Crippen molar-refractivity contribution in [3.05, 3.63) is 29.5 Å². The molecule has 2 aromatic heterocycles. The van der Waals surface area contributed by atoms with Crippen LogP contribution in [0.25, 0.3) is 0 Å². The molecular weight excluding hydrogens is 466 g/mol. The van der Waals surface area contributed by atoms with Gasteiger partial charge in [0.2, 0.25) is 0 Å². The van der Waals surface area contributed by atoms with E-state index in [4.69, 9.17) is 0 Å². The molecule has 0 amide bonds. The van der Waals surface area contributed by atoms with Crippen LogP contribution in [0.15, 0.2) is 23.9 Å². The maximum Gasteiger partial charge on any atom is 0.350 e. The number of esters is 1. The van der Waals surface area contributed by atoms with Crippen LogP contribution in [0.2, 0.25) is 0 Å². The van der Waals surface area contributed by atoms with Gasteiger partial charge in [0.05, 0.1) is 20.4 Å². The van der Waals surface area contributed by atoms with E-state index in [0.29, 0.717) is 13.1 Å². The summed E-state index contributed by atoms with van der Waals surface area (Å²) in [6.07, 6.45) is 0. The Balaban J connectivity index is 2.44. The molecule has 0 aromatic carbocycles. The summed E-state index contributed by atoms with van der Waals surface area (Å²) in [5.41, 5.74) is 0.912. The SMILES string of the molecule is COC(=O)c1scc(C)c1NS(=O)(=O)c1cc(Br)sc1Br. The Morgan fingerprint density at radius 1 is 1.38 bits per heavy atom. The summed E-state index contributed by atoms with van der Waals surface area (Å²) >= 11 is 8.85. The Kier molecular flexibility index (Phi) is 5.14. The molecule has 5 nitrogen and oxygen atoms in total. The first-order valence-corrected chi connectivity index (χ1v) is 10.2. The average molecular weight is 475 g/mol. The molecule has 0 aliphatic carbocycles. The molecule has 0 atom stereocenters. The fourth-order valence-electron chi connectivity index (χ4n) is 1.51. The third-order valence-electron chi connectivity index (χ3n) is 2.50. The van der Waals surface area contributed by atoms with Crippen LogP contribution in [0.3, 0.4) is 0 Å². The monoisotopic (exact) mass is 473 g/mol. The van der Waals surface area contributed by atoms with Gasteiger partial charge in [0.25, 0.3) is 10.0 Å². The van der Waals surface area contributed by atoms with Gasteiger partial charge in [0.15, 0.2) is 0 Å². The zero-order valence-corrected chi connectivity index (χ0v) is 16.4. The van der Waals surface area contributed by atoms with Crippen molar-refractivity contribution >= 4 is 76.2 Å². The zero-order valence-electron chi connectivity index (χ0n) is 10.8. The van der Waals surface area contributed by atoms with E-state index in [2.05, 4.69) is 41.3 Å². The van der Waals surface area contributed by atoms with Crippen molar-refractivity contribution in [2.24, 2.45) is 0 Å². The lowest BCUT2D eigenvalue weighted by Gasteiger charge is -2.09. The molecule has 0 spiro atoms. The largest absolute Gasteiger partial charge is 0.465 e. The van der Waals surface area contributed by atoms with Crippen LogP contribution in [0.4, 0.5) is 5.69 Å². The van der Waals surface area contributed by atoms with E-state index in [-0.39, 0.29) is 15.5 Å². The van der Waals surface area contributed by atoms with Crippen LogP contribution in [-0.4, -0.2) is 21.5 Å². The average Bonchev–Trinajstić information content (AvgIpc) is 2.92. The normalized spacial score (nSPS) is 11.4. The summed E-state index contributed by atoms with van der Waals surface area (Å²) in [6.45, 7) is 1.72. The number of thiophene rings is 2. The molecule has 0 fully saturated rings. The number of nitrogens with one attached hydrogen (secondary N) is 1. The van der Waals surface area contributed by atoms with E-state index in [1.165, 1.54) is 24.5 Å². The number of hydrogen-bond donors (Lipinski definition) is 1. The highest BCUT2D eigenvalue weighted by atomic mass is 79.9. The molecule has 10 heteroatoms. The number of carbonyl (C=O) groups is 1. The van der Waals surface area contributed by atoms with E-state index in [1.807, 2.05) is 0 Å². The summed E-state index contributed by atoms with van der Waals surface area (Å²) in [4.78, 5) is 12.0. The molecule has 0 bridgehead atoms. The summed E-state index contributed by atoms with van der Waals surface area (Å²) in [5.74, 6) is -0.573. The minimum Gasteiger partial charge on any atom is -0.465 e. The summed E-state index contributed by atoms with van der Waals surface area (Å²) in [7, 11) is -2.55. The molecule has 1 N–H and O–H groups in total. The lowest BCUT2D eigenvalue weighted by atomic mass is 10.3. The van der Waals surface area contributed by atoms with Gasteiger partial charge in [-0.15, -0.1) is 22.7 Å². The Morgan fingerprint density at radius 3 is 2.57 bits per heavy atom. The number of rotatable bonds is 4. The summed E-state index contributed by atoms with van der Waals surface area (Å²) in [5, 5.41) is 1.70. The van der Waals surface area contributed by atoms with E-state index < -0.39 is 16.0 Å². The highest BCUT2D eigenvalue weighted by Gasteiger charge is 2.25. The Labute approximate surface area is 146 Å². The van der Waals surface area contributed by atoms with Gasteiger partial charge in [-0.25, -0.2) is 13.2 Å². The summed E-state index contributed by atoms with van der Waals surface area (Å²) < 4.78 is 33.2. The standard InChI is InChI=1S/C11H9Br2NO4S3/c1-5-4-19-9(11(15)18-2)8(5)14-21(16,17)6-3-7(12)20-10(6)13/h3-4,14H,1-2H3. The van der Waals surface area contributed by atoms with Crippen molar-refractivity contribution < 1.29 is 17.9 Å². The third kappa shape index (κ3) is 3.50. The first-order chi connectivity index (χ1) is 9.76. The van der Waals surface area contributed by atoms with Crippen LogP contribution >= 0.6 is 54.5 Å². The third-order valence-corrected chi connectivity index (χ3v) is 7.68. The van der Waals surface area contributed by atoms with E-state index >= 15 is 0 Å². The Morgan fingerprint density at radius 2 is 2.05 bits per heavy atom. The smallest absolute Gasteiger partial charge is 0.350 e. The van der Waals surface area contributed by atoms with Crippen LogP contribution in [0, 0.1) is 6.92 Å². The molecule has 2 rings (SSSR count). The van der Waals surface area contributed by atoms with Gasteiger partial charge in [-0.3, -0.25) is 4.72 Å². The number of methoxy groups -OCH3 is 1. The van der Waals surface area contributed by atoms with Gasteiger partial charge in [-0.05, 0) is 55.8 Å². The number of aryl methyl sites for hydroxylation is 1. The van der Waals surface area contributed by atoms with Crippen molar-refractivity contribution in [3.8, 4) is 0 Å². The fraction of sp³-hybridized carbons (Fsp3) is 0.182. The molecule has 0 aliphatic rings. The van der Waals surface area contributed by atoms with Crippen LogP contribution in [-0.2, 0) is 14.8 Å². The van der Waals surface area contributed by atoms with Gasteiger partial charge in [0.1, 0.15) is 9.77 Å². The van der Waals surface area contributed by atoms with Crippen LogP contribution < -0.4 is 4.72 Å². The molecule has 114 valence electrons. The molecule has 2 aromatic rings.